The van der Waals surface area contributed by atoms with Crippen molar-refractivity contribution in [3.63, 3.8) is 0 Å². The number of hydrogen-bond acceptors (Lipinski definition) is 3. The van der Waals surface area contributed by atoms with Crippen LogP contribution in [-0.4, -0.2) is 19.1 Å². The number of rotatable bonds is 5. The van der Waals surface area contributed by atoms with E-state index in [-0.39, 0.29) is 11.9 Å². The van der Waals surface area contributed by atoms with Crippen LogP contribution in [0.15, 0.2) is 66.7 Å². The molecule has 1 aliphatic carbocycles. The Morgan fingerprint density at radius 3 is 2.26 bits per heavy atom. The molecule has 0 unspecified atom stereocenters. The summed E-state index contributed by atoms with van der Waals surface area (Å²) in [6.45, 7) is 2.82. The van der Waals surface area contributed by atoms with E-state index in [1.54, 1.807) is 6.07 Å². The second-order valence-corrected chi connectivity index (χ2v) is 6.70. The Hall–Kier alpha value is -3.11. The number of aryl methyl sites for hydroxylation is 1. The molecule has 0 saturated carbocycles. The van der Waals surface area contributed by atoms with Crippen LogP contribution in [-0.2, 0) is 0 Å². The summed E-state index contributed by atoms with van der Waals surface area (Å²) in [5.74, 6) is 0.574. The first kappa shape index (κ1) is 17.3. The summed E-state index contributed by atoms with van der Waals surface area (Å²) in [5, 5.41) is 3.19. The Morgan fingerprint density at radius 1 is 1.00 bits per heavy atom. The number of carbonyl (C=O) groups excluding carboxylic acids is 1. The lowest BCUT2D eigenvalue weighted by molar-refractivity contribution is 0.0943. The van der Waals surface area contributed by atoms with Crippen LogP contribution in [0, 0.1) is 6.92 Å². The predicted octanol–water partition coefficient (Wildman–Crippen LogP) is 3.83. The van der Waals surface area contributed by atoms with Crippen LogP contribution in [0.3, 0.4) is 0 Å². The maximum absolute atomic E-state index is 13.0. The van der Waals surface area contributed by atoms with Crippen molar-refractivity contribution in [1.29, 1.82) is 0 Å². The van der Waals surface area contributed by atoms with Gasteiger partial charge in [-0.25, -0.2) is 0 Å². The molecular weight excluding hydrogens is 336 g/mol. The summed E-state index contributed by atoms with van der Waals surface area (Å²) in [6, 6.07) is 21.8. The van der Waals surface area contributed by atoms with Gasteiger partial charge in [-0.1, -0.05) is 54.6 Å². The summed E-state index contributed by atoms with van der Waals surface area (Å²) in [6.07, 6.45) is 0. The number of fused-ring (bicyclic) bond motifs is 3. The number of nitrogens with one attached hydrogen (secondary N) is 1. The van der Waals surface area contributed by atoms with Crippen molar-refractivity contribution >= 4 is 5.91 Å². The molecule has 1 amide bonds. The molecule has 0 saturated heterocycles. The van der Waals surface area contributed by atoms with Gasteiger partial charge in [0.1, 0.15) is 12.4 Å². The molecule has 1 aliphatic rings. The van der Waals surface area contributed by atoms with Gasteiger partial charge in [-0.15, -0.1) is 0 Å². The minimum absolute atomic E-state index is 0.121. The Bertz CT molecular complexity index is 952. The molecule has 0 heterocycles. The molecular formula is C23H22N2O2. The smallest absolute Gasteiger partial charge is 0.252 e. The third-order valence-corrected chi connectivity index (χ3v) is 4.93. The molecule has 4 heteroatoms. The molecule has 0 spiro atoms. The fourth-order valence-corrected chi connectivity index (χ4v) is 3.59. The SMILES string of the molecule is Cc1ccc(C(=O)NC2c3ccccc3-c3ccccc32)cc1OCCN. The zero-order valence-corrected chi connectivity index (χ0v) is 15.2. The van der Waals surface area contributed by atoms with Gasteiger partial charge in [0, 0.05) is 12.1 Å². The van der Waals surface area contributed by atoms with Gasteiger partial charge in [0.2, 0.25) is 0 Å². The second kappa shape index (κ2) is 7.25. The molecule has 3 aromatic rings. The maximum Gasteiger partial charge on any atom is 0.252 e. The van der Waals surface area contributed by atoms with Gasteiger partial charge in [-0.2, -0.15) is 0 Å². The summed E-state index contributed by atoms with van der Waals surface area (Å²) in [5.41, 5.74) is 11.7. The van der Waals surface area contributed by atoms with Gasteiger partial charge < -0.3 is 15.8 Å². The lowest BCUT2D eigenvalue weighted by Crippen LogP contribution is -2.28. The molecule has 3 aromatic carbocycles. The summed E-state index contributed by atoms with van der Waals surface area (Å²) >= 11 is 0. The fraction of sp³-hybridized carbons (Fsp3) is 0.174. The van der Waals surface area contributed by atoms with Gasteiger partial charge in [0.15, 0.2) is 0 Å². The van der Waals surface area contributed by atoms with Gasteiger partial charge in [0.25, 0.3) is 5.91 Å². The first-order chi connectivity index (χ1) is 13.2. The predicted molar refractivity (Wildman–Crippen MR) is 107 cm³/mol. The molecule has 0 aromatic heterocycles. The summed E-state index contributed by atoms with van der Waals surface area (Å²) < 4.78 is 5.65. The molecule has 4 rings (SSSR count). The van der Waals surface area contributed by atoms with E-state index in [1.807, 2.05) is 43.3 Å². The maximum atomic E-state index is 13.0. The van der Waals surface area contributed by atoms with Crippen LogP contribution in [0.4, 0.5) is 0 Å². The molecule has 4 nitrogen and oxygen atoms in total. The highest BCUT2D eigenvalue weighted by Crippen LogP contribution is 2.43. The molecule has 0 bridgehead atoms. The minimum atomic E-state index is -0.153. The zero-order valence-electron chi connectivity index (χ0n) is 15.2. The van der Waals surface area contributed by atoms with E-state index in [1.165, 1.54) is 11.1 Å². The standard InChI is InChI=1S/C23H22N2O2/c1-15-10-11-16(14-21(15)27-13-12-24)23(26)25-22-19-8-4-2-6-17(19)18-7-3-5-9-20(18)22/h2-11,14,22H,12-13,24H2,1H3,(H,25,26). The van der Waals surface area contributed by atoms with E-state index < -0.39 is 0 Å². The summed E-state index contributed by atoms with van der Waals surface area (Å²) in [4.78, 5) is 13.0. The van der Waals surface area contributed by atoms with Crippen LogP contribution in [0.5, 0.6) is 5.75 Å². The third kappa shape index (κ3) is 3.20. The minimum Gasteiger partial charge on any atom is -0.492 e. The Morgan fingerprint density at radius 2 is 1.63 bits per heavy atom. The van der Waals surface area contributed by atoms with Crippen molar-refractivity contribution in [3.05, 3.63) is 89.0 Å². The normalized spacial score (nSPS) is 12.4. The lowest BCUT2D eigenvalue weighted by atomic mass is 10.0. The van der Waals surface area contributed by atoms with E-state index >= 15 is 0 Å². The molecule has 136 valence electrons. The molecule has 0 radical (unpaired) electrons. The van der Waals surface area contributed by atoms with E-state index in [0.717, 1.165) is 16.7 Å². The number of ether oxygens (including phenoxy) is 1. The zero-order chi connectivity index (χ0) is 18.8. The highest BCUT2D eigenvalue weighted by Gasteiger charge is 2.29. The fourth-order valence-electron chi connectivity index (χ4n) is 3.59. The average molecular weight is 358 g/mol. The number of hydrogen-bond donors (Lipinski definition) is 2. The highest BCUT2D eigenvalue weighted by molar-refractivity contribution is 5.96. The Kier molecular flexibility index (Phi) is 4.65. The van der Waals surface area contributed by atoms with Crippen molar-refractivity contribution in [2.45, 2.75) is 13.0 Å². The molecule has 0 fully saturated rings. The van der Waals surface area contributed by atoms with Crippen molar-refractivity contribution < 1.29 is 9.53 Å². The van der Waals surface area contributed by atoms with Crippen molar-refractivity contribution in [2.24, 2.45) is 5.73 Å². The van der Waals surface area contributed by atoms with Crippen LogP contribution >= 0.6 is 0 Å². The number of benzene rings is 3. The van der Waals surface area contributed by atoms with Crippen LogP contribution in [0.2, 0.25) is 0 Å². The number of carbonyl (C=O) groups is 1. The quantitative estimate of drug-likeness (QED) is 0.728. The van der Waals surface area contributed by atoms with Gasteiger partial charge >= 0.3 is 0 Å². The van der Waals surface area contributed by atoms with Crippen molar-refractivity contribution in [1.82, 2.24) is 5.32 Å². The number of amides is 1. The topological polar surface area (TPSA) is 64.3 Å². The van der Waals surface area contributed by atoms with E-state index in [0.29, 0.717) is 24.5 Å². The first-order valence-electron chi connectivity index (χ1n) is 9.11. The largest absolute Gasteiger partial charge is 0.492 e. The van der Waals surface area contributed by atoms with E-state index in [9.17, 15) is 4.79 Å². The van der Waals surface area contributed by atoms with Gasteiger partial charge in [-0.3, -0.25) is 4.79 Å². The molecule has 27 heavy (non-hydrogen) atoms. The highest BCUT2D eigenvalue weighted by atomic mass is 16.5. The third-order valence-electron chi connectivity index (χ3n) is 4.93. The van der Waals surface area contributed by atoms with Crippen molar-refractivity contribution in [3.8, 4) is 16.9 Å². The van der Waals surface area contributed by atoms with Crippen molar-refractivity contribution in [2.75, 3.05) is 13.2 Å². The average Bonchev–Trinajstić information content (AvgIpc) is 3.01. The first-order valence-corrected chi connectivity index (χ1v) is 9.11. The number of nitrogens with two attached hydrogens (primary N) is 1. The van der Waals surface area contributed by atoms with Crippen LogP contribution in [0.25, 0.3) is 11.1 Å². The van der Waals surface area contributed by atoms with Crippen LogP contribution < -0.4 is 15.8 Å². The van der Waals surface area contributed by atoms with Gasteiger partial charge in [0.05, 0.1) is 6.04 Å². The van der Waals surface area contributed by atoms with E-state index in [4.69, 9.17) is 10.5 Å². The van der Waals surface area contributed by atoms with Gasteiger partial charge in [-0.05, 0) is 46.9 Å². The molecule has 0 aliphatic heterocycles. The second-order valence-electron chi connectivity index (χ2n) is 6.70. The monoisotopic (exact) mass is 358 g/mol. The molecule has 3 N–H and O–H groups in total. The molecule has 0 atom stereocenters. The van der Waals surface area contributed by atoms with E-state index in [2.05, 4.69) is 29.6 Å². The van der Waals surface area contributed by atoms with Crippen LogP contribution in [0.1, 0.15) is 33.1 Å². The Balaban J connectivity index is 1.64. The summed E-state index contributed by atoms with van der Waals surface area (Å²) in [7, 11) is 0. The Labute approximate surface area is 159 Å². The lowest BCUT2D eigenvalue weighted by Gasteiger charge is -2.17.